The third-order valence-corrected chi connectivity index (χ3v) is 12.1. The van der Waals surface area contributed by atoms with E-state index in [-0.39, 0.29) is 47.1 Å². The smallest absolute Gasteiger partial charge is 0.321 e. The van der Waals surface area contributed by atoms with Gasteiger partial charge in [0, 0.05) is 49.5 Å². The van der Waals surface area contributed by atoms with Gasteiger partial charge >= 0.3 is 6.03 Å². The SMILES string of the molecule is CC(C)CN(C[C@H](O)[C@H](Cc1ccccc1)NC(=O)[C@@H](N1CCN(Cc2csc(-c3cccnc3)n2)C1=O)C(C)(C)C)S(=O)(=O)c1ccc(Cl)c(N)c1. The first-order valence-electron chi connectivity index (χ1n) is 17.5. The van der Waals surface area contributed by atoms with Gasteiger partial charge in [-0.3, -0.25) is 9.78 Å². The second-order valence-electron chi connectivity index (χ2n) is 14.8. The molecule has 15 heteroatoms. The van der Waals surface area contributed by atoms with E-state index in [1.165, 1.54) is 33.8 Å². The Balaban J connectivity index is 1.37. The number of sulfonamides is 1. The quantitative estimate of drug-likeness (QED) is 0.133. The van der Waals surface area contributed by atoms with Crippen LogP contribution in [0.5, 0.6) is 0 Å². The summed E-state index contributed by atoms with van der Waals surface area (Å²) in [5, 5.41) is 17.8. The Hall–Kier alpha value is -4.08. The molecular formula is C38H48ClN7O5S2. The molecule has 0 aliphatic carbocycles. The normalized spacial score (nSPS) is 15.6. The first-order chi connectivity index (χ1) is 25.0. The van der Waals surface area contributed by atoms with Crippen molar-refractivity contribution in [2.24, 2.45) is 11.3 Å². The average Bonchev–Trinajstić information content (AvgIpc) is 3.72. The van der Waals surface area contributed by atoms with Crippen LogP contribution < -0.4 is 11.1 Å². The number of aliphatic hydroxyl groups is 1. The van der Waals surface area contributed by atoms with Crippen LogP contribution in [0.3, 0.4) is 0 Å². The maximum atomic E-state index is 14.4. The van der Waals surface area contributed by atoms with E-state index in [9.17, 15) is 23.1 Å². The summed E-state index contributed by atoms with van der Waals surface area (Å²) in [6, 6.07) is 15.2. The maximum absolute atomic E-state index is 14.4. The molecule has 12 nitrogen and oxygen atoms in total. The van der Waals surface area contributed by atoms with Crippen molar-refractivity contribution in [1.29, 1.82) is 0 Å². The number of amides is 3. The van der Waals surface area contributed by atoms with E-state index in [1.807, 2.05) is 82.5 Å². The Morgan fingerprint density at radius 2 is 1.83 bits per heavy atom. The number of nitrogens with two attached hydrogens (primary N) is 1. The van der Waals surface area contributed by atoms with Gasteiger partial charge < -0.3 is 26.0 Å². The number of rotatable bonds is 15. The van der Waals surface area contributed by atoms with Gasteiger partial charge in [-0.2, -0.15) is 4.31 Å². The largest absolute Gasteiger partial charge is 0.397 e. The molecule has 1 aliphatic rings. The number of aliphatic hydroxyl groups excluding tert-OH is 1. The molecule has 3 amide bonds. The lowest BCUT2D eigenvalue weighted by molar-refractivity contribution is -0.130. The lowest BCUT2D eigenvalue weighted by Crippen LogP contribution is -2.59. The van der Waals surface area contributed by atoms with Crippen LogP contribution in [0.15, 0.2) is 83.3 Å². The number of anilines is 1. The Morgan fingerprint density at radius 1 is 1.09 bits per heavy atom. The van der Waals surface area contributed by atoms with Crippen LogP contribution in [0.25, 0.3) is 10.6 Å². The highest BCUT2D eigenvalue weighted by atomic mass is 35.5. The summed E-state index contributed by atoms with van der Waals surface area (Å²) in [6.45, 7) is 10.3. The molecule has 0 spiro atoms. The number of aromatic nitrogens is 2. The Bertz CT molecular complexity index is 1970. The highest BCUT2D eigenvalue weighted by molar-refractivity contribution is 7.89. The van der Waals surface area contributed by atoms with Crippen molar-refractivity contribution in [2.45, 2.75) is 70.7 Å². The minimum absolute atomic E-state index is 0.0493. The van der Waals surface area contributed by atoms with E-state index >= 15 is 0 Å². The van der Waals surface area contributed by atoms with Crippen LogP contribution in [-0.4, -0.2) is 93.9 Å². The summed E-state index contributed by atoms with van der Waals surface area (Å²) in [7, 11) is -4.12. The molecule has 4 aromatic rings. The number of carbonyl (C=O) groups excluding carboxylic acids is 2. The van der Waals surface area contributed by atoms with Crippen LogP contribution in [0.4, 0.5) is 10.5 Å². The molecule has 2 aromatic heterocycles. The molecule has 1 saturated heterocycles. The van der Waals surface area contributed by atoms with E-state index < -0.39 is 39.5 Å². The highest BCUT2D eigenvalue weighted by Crippen LogP contribution is 2.31. The van der Waals surface area contributed by atoms with Gasteiger partial charge in [-0.1, -0.05) is 76.6 Å². The fourth-order valence-corrected chi connectivity index (χ4v) is 9.02. The first-order valence-corrected chi connectivity index (χ1v) is 20.2. The van der Waals surface area contributed by atoms with Crippen LogP contribution in [0.2, 0.25) is 5.02 Å². The number of carbonyl (C=O) groups is 2. The van der Waals surface area contributed by atoms with Gasteiger partial charge in [-0.25, -0.2) is 18.2 Å². The van der Waals surface area contributed by atoms with Gasteiger partial charge in [-0.05, 0) is 53.6 Å². The Kier molecular flexibility index (Phi) is 12.8. The van der Waals surface area contributed by atoms with Crippen LogP contribution in [0.1, 0.15) is 45.9 Å². The van der Waals surface area contributed by atoms with Crippen LogP contribution in [0, 0.1) is 11.3 Å². The fourth-order valence-electron chi connectivity index (χ4n) is 6.45. The number of nitrogens with zero attached hydrogens (tertiary/aromatic N) is 5. The zero-order valence-corrected chi connectivity index (χ0v) is 33.0. The molecule has 0 unspecified atom stereocenters. The Morgan fingerprint density at radius 3 is 2.47 bits per heavy atom. The molecule has 2 aromatic carbocycles. The molecule has 1 fully saturated rings. The number of thiazole rings is 1. The van der Waals surface area contributed by atoms with Crippen molar-refractivity contribution in [1.82, 2.24) is 29.4 Å². The second-order valence-corrected chi connectivity index (χ2v) is 18.0. The summed E-state index contributed by atoms with van der Waals surface area (Å²) in [5.74, 6) is -0.520. The monoisotopic (exact) mass is 781 g/mol. The summed E-state index contributed by atoms with van der Waals surface area (Å²) in [6.07, 6.45) is 2.35. The lowest BCUT2D eigenvalue weighted by Gasteiger charge is -2.38. The molecule has 0 radical (unpaired) electrons. The molecule has 4 N–H and O–H groups in total. The van der Waals surface area contributed by atoms with Crippen molar-refractivity contribution < 1.29 is 23.1 Å². The molecule has 0 saturated carbocycles. The van der Waals surface area contributed by atoms with Crippen molar-refractivity contribution in [3.8, 4) is 10.6 Å². The van der Waals surface area contributed by atoms with E-state index in [0.29, 0.717) is 19.6 Å². The number of benzene rings is 2. The molecule has 1 aliphatic heterocycles. The summed E-state index contributed by atoms with van der Waals surface area (Å²) in [4.78, 5) is 40.4. The third kappa shape index (κ3) is 9.92. The van der Waals surface area contributed by atoms with Gasteiger partial charge in [0.2, 0.25) is 15.9 Å². The predicted octanol–water partition coefficient (Wildman–Crippen LogP) is 5.53. The number of hydrogen-bond donors (Lipinski definition) is 3. The summed E-state index contributed by atoms with van der Waals surface area (Å²) >= 11 is 7.56. The summed E-state index contributed by atoms with van der Waals surface area (Å²) < 4.78 is 29.1. The molecule has 53 heavy (non-hydrogen) atoms. The van der Waals surface area contributed by atoms with Crippen molar-refractivity contribution in [3.05, 3.63) is 94.7 Å². The van der Waals surface area contributed by atoms with E-state index in [2.05, 4.69) is 10.3 Å². The maximum Gasteiger partial charge on any atom is 0.321 e. The molecule has 0 bridgehead atoms. The number of urea groups is 1. The van der Waals surface area contributed by atoms with Gasteiger partial charge in [0.25, 0.3) is 0 Å². The van der Waals surface area contributed by atoms with E-state index in [1.54, 1.807) is 22.2 Å². The summed E-state index contributed by atoms with van der Waals surface area (Å²) in [5.41, 5.74) is 7.87. The molecule has 3 heterocycles. The van der Waals surface area contributed by atoms with Crippen molar-refractivity contribution >= 4 is 50.6 Å². The molecule has 284 valence electrons. The van der Waals surface area contributed by atoms with Crippen LogP contribution in [-0.2, 0) is 27.8 Å². The van der Waals surface area contributed by atoms with Gasteiger partial charge in [0.05, 0.1) is 40.0 Å². The molecule has 5 rings (SSSR count). The number of hydrogen-bond acceptors (Lipinski definition) is 9. The van der Waals surface area contributed by atoms with Crippen LogP contribution >= 0.6 is 22.9 Å². The fraction of sp³-hybridized carbons (Fsp3) is 0.421. The average molecular weight is 782 g/mol. The zero-order valence-electron chi connectivity index (χ0n) is 30.6. The van der Waals surface area contributed by atoms with Crippen molar-refractivity contribution in [3.63, 3.8) is 0 Å². The molecule has 3 atom stereocenters. The van der Waals surface area contributed by atoms with Crippen molar-refractivity contribution in [2.75, 3.05) is 31.9 Å². The molecular weight excluding hydrogens is 734 g/mol. The lowest BCUT2D eigenvalue weighted by atomic mass is 9.84. The Labute approximate surface area is 321 Å². The first kappa shape index (κ1) is 40.1. The topological polar surface area (TPSA) is 162 Å². The standard InChI is InChI=1S/C38H48ClN7O5S2/c1-25(2)21-45(53(50,51)29-13-14-30(39)31(40)19-29)23-33(47)32(18-26-10-7-6-8-11-26)43-35(48)34(38(3,4)5)46-17-16-44(37(46)49)22-28-24-52-36(42-28)27-12-9-15-41-20-27/h6-15,19-20,24-25,32-34,47H,16-18,21-23,40H2,1-5H3,(H,43,48)/t32-,33-,34+/m0/s1. The highest BCUT2D eigenvalue weighted by Gasteiger charge is 2.44. The minimum Gasteiger partial charge on any atom is -0.397 e. The second kappa shape index (κ2) is 16.9. The number of nitrogen functional groups attached to an aromatic ring is 1. The predicted molar refractivity (Wildman–Crippen MR) is 209 cm³/mol. The minimum atomic E-state index is -4.12. The van der Waals surface area contributed by atoms with E-state index in [0.717, 1.165) is 21.8 Å². The number of nitrogens with one attached hydrogen (secondary N) is 1. The zero-order chi connectivity index (χ0) is 38.5. The van der Waals surface area contributed by atoms with Gasteiger partial charge in [0.15, 0.2) is 0 Å². The van der Waals surface area contributed by atoms with Gasteiger partial charge in [0.1, 0.15) is 11.0 Å². The van der Waals surface area contributed by atoms with Gasteiger partial charge in [-0.15, -0.1) is 11.3 Å². The third-order valence-electron chi connectivity index (χ3n) is 8.98. The number of pyridine rings is 1. The van der Waals surface area contributed by atoms with E-state index in [4.69, 9.17) is 22.3 Å². The number of halogens is 1.